The van der Waals surface area contributed by atoms with E-state index in [9.17, 15) is 0 Å². The van der Waals surface area contributed by atoms with Gasteiger partial charge in [0.05, 0.1) is 11.8 Å². The summed E-state index contributed by atoms with van der Waals surface area (Å²) >= 11 is 1.89. The molecular formula is C16H22N2S. The van der Waals surface area contributed by atoms with E-state index in [0.717, 1.165) is 11.7 Å². The van der Waals surface area contributed by atoms with Crippen LogP contribution in [-0.4, -0.2) is 17.8 Å². The Bertz CT molecular complexity index is 467. The number of benzene rings is 1. The molecule has 0 saturated heterocycles. The second-order valence-electron chi connectivity index (χ2n) is 6.41. The van der Waals surface area contributed by atoms with Gasteiger partial charge in [-0.15, -0.1) is 0 Å². The van der Waals surface area contributed by atoms with Crippen molar-refractivity contribution in [3.8, 4) is 0 Å². The third-order valence-corrected chi connectivity index (χ3v) is 5.30. The van der Waals surface area contributed by atoms with Crippen LogP contribution in [0.5, 0.6) is 0 Å². The van der Waals surface area contributed by atoms with Crippen molar-refractivity contribution in [2.75, 3.05) is 6.54 Å². The molecule has 3 rings (SSSR count). The van der Waals surface area contributed by atoms with E-state index in [0.29, 0.717) is 16.7 Å². The number of nitrogens with one attached hydrogen (secondary N) is 1. The minimum atomic E-state index is 0.498. The SMILES string of the molecule is CC1(C)CCC(NC2=NCC(c3ccccc3)S2)C1. The third kappa shape index (κ3) is 3.14. The number of nitrogens with zero attached hydrogens (tertiary/aromatic N) is 1. The number of rotatable bonds is 2. The van der Waals surface area contributed by atoms with E-state index in [4.69, 9.17) is 0 Å². The molecule has 0 bridgehead atoms. The van der Waals surface area contributed by atoms with Crippen LogP contribution in [0.15, 0.2) is 35.3 Å². The molecule has 19 heavy (non-hydrogen) atoms. The van der Waals surface area contributed by atoms with Crippen LogP contribution < -0.4 is 5.32 Å². The van der Waals surface area contributed by atoms with Gasteiger partial charge in [0.2, 0.25) is 0 Å². The largest absolute Gasteiger partial charge is 0.362 e. The van der Waals surface area contributed by atoms with Gasteiger partial charge in [0.25, 0.3) is 0 Å². The first kappa shape index (κ1) is 13.0. The molecule has 2 nitrogen and oxygen atoms in total. The molecule has 1 heterocycles. The van der Waals surface area contributed by atoms with Crippen LogP contribution in [0.25, 0.3) is 0 Å². The molecule has 1 aromatic rings. The van der Waals surface area contributed by atoms with Crippen molar-refractivity contribution in [1.29, 1.82) is 0 Å². The molecule has 0 amide bonds. The molecule has 1 N–H and O–H groups in total. The van der Waals surface area contributed by atoms with Crippen molar-refractivity contribution in [1.82, 2.24) is 5.32 Å². The third-order valence-electron chi connectivity index (χ3n) is 4.12. The molecular weight excluding hydrogens is 252 g/mol. The van der Waals surface area contributed by atoms with E-state index in [1.165, 1.54) is 24.8 Å². The Kier molecular flexibility index (Phi) is 3.57. The average molecular weight is 274 g/mol. The summed E-state index contributed by atoms with van der Waals surface area (Å²) in [7, 11) is 0. The van der Waals surface area contributed by atoms with E-state index < -0.39 is 0 Å². The molecule has 2 aliphatic rings. The lowest BCUT2D eigenvalue weighted by Crippen LogP contribution is -2.30. The average Bonchev–Trinajstić information content (AvgIpc) is 2.98. The number of aliphatic imine (C=N–C) groups is 1. The fraction of sp³-hybridized carbons (Fsp3) is 0.562. The molecule has 0 spiro atoms. The molecule has 1 fully saturated rings. The molecule has 1 aromatic carbocycles. The highest BCUT2D eigenvalue weighted by Crippen LogP contribution is 2.39. The molecule has 102 valence electrons. The highest BCUT2D eigenvalue weighted by molar-refractivity contribution is 8.14. The smallest absolute Gasteiger partial charge is 0.157 e. The van der Waals surface area contributed by atoms with Crippen molar-refractivity contribution >= 4 is 16.9 Å². The number of hydrogen-bond acceptors (Lipinski definition) is 3. The van der Waals surface area contributed by atoms with Crippen LogP contribution in [0.1, 0.15) is 43.9 Å². The summed E-state index contributed by atoms with van der Waals surface area (Å²) in [4.78, 5) is 4.67. The zero-order valence-corrected chi connectivity index (χ0v) is 12.5. The molecule has 2 unspecified atom stereocenters. The van der Waals surface area contributed by atoms with Gasteiger partial charge in [0.1, 0.15) is 0 Å². The van der Waals surface area contributed by atoms with Crippen LogP contribution in [0.3, 0.4) is 0 Å². The normalized spacial score (nSPS) is 29.3. The van der Waals surface area contributed by atoms with Gasteiger partial charge in [-0.25, -0.2) is 0 Å². The zero-order valence-electron chi connectivity index (χ0n) is 11.7. The minimum absolute atomic E-state index is 0.498. The van der Waals surface area contributed by atoms with E-state index in [2.05, 4.69) is 54.5 Å². The zero-order chi connectivity index (χ0) is 13.3. The Morgan fingerprint density at radius 2 is 2.05 bits per heavy atom. The second-order valence-corrected chi connectivity index (χ2v) is 7.60. The van der Waals surface area contributed by atoms with Gasteiger partial charge in [-0.05, 0) is 30.2 Å². The van der Waals surface area contributed by atoms with E-state index in [1.807, 2.05) is 11.8 Å². The second kappa shape index (κ2) is 5.20. The lowest BCUT2D eigenvalue weighted by Gasteiger charge is -2.18. The number of amidine groups is 1. The van der Waals surface area contributed by atoms with Crippen molar-refractivity contribution in [3.05, 3.63) is 35.9 Å². The van der Waals surface area contributed by atoms with Crippen molar-refractivity contribution < 1.29 is 0 Å². The topological polar surface area (TPSA) is 24.4 Å². The maximum absolute atomic E-state index is 4.67. The molecule has 0 radical (unpaired) electrons. The van der Waals surface area contributed by atoms with Gasteiger partial charge in [-0.1, -0.05) is 55.9 Å². The predicted molar refractivity (Wildman–Crippen MR) is 83.6 cm³/mol. The Morgan fingerprint density at radius 1 is 1.26 bits per heavy atom. The molecule has 3 heteroatoms. The van der Waals surface area contributed by atoms with Crippen LogP contribution in [-0.2, 0) is 0 Å². The highest BCUT2D eigenvalue weighted by atomic mass is 32.2. The monoisotopic (exact) mass is 274 g/mol. The first-order valence-electron chi connectivity index (χ1n) is 7.15. The molecule has 1 aliphatic carbocycles. The predicted octanol–water partition coefficient (Wildman–Crippen LogP) is 4.00. The van der Waals surface area contributed by atoms with Crippen LogP contribution in [0, 0.1) is 5.41 Å². The van der Waals surface area contributed by atoms with E-state index in [-0.39, 0.29) is 0 Å². The summed E-state index contributed by atoms with van der Waals surface area (Å²) in [5.74, 6) is 0. The van der Waals surface area contributed by atoms with Crippen molar-refractivity contribution in [3.63, 3.8) is 0 Å². The standard InChI is InChI=1S/C16H22N2S/c1-16(2)9-8-13(10-16)18-15-17-11-14(19-15)12-6-4-3-5-7-12/h3-7,13-14H,8-11H2,1-2H3,(H,17,18). The van der Waals surface area contributed by atoms with Gasteiger partial charge < -0.3 is 5.32 Å². The van der Waals surface area contributed by atoms with Gasteiger partial charge in [0.15, 0.2) is 5.17 Å². The van der Waals surface area contributed by atoms with Crippen LogP contribution >= 0.6 is 11.8 Å². The summed E-state index contributed by atoms with van der Waals surface area (Å²) in [5.41, 5.74) is 1.89. The molecule has 0 aromatic heterocycles. The summed E-state index contributed by atoms with van der Waals surface area (Å²) in [6.45, 7) is 5.64. The minimum Gasteiger partial charge on any atom is -0.362 e. The van der Waals surface area contributed by atoms with Gasteiger partial charge in [-0.3, -0.25) is 4.99 Å². The summed E-state index contributed by atoms with van der Waals surface area (Å²) in [6.07, 6.45) is 3.87. The van der Waals surface area contributed by atoms with Crippen LogP contribution in [0.4, 0.5) is 0 Å². The van der Waals surface area contributed by atoms with E-state index >= 15 is 0 Å². The fourth-order valence-corrected chi connectivity index (χ4v) is 4.13. The maximum Gasteiger partial charge on any atom is 0.157 e. The van der Waals surface area contributed by atoms with Crippen LogP contribution in [0.2, 0.25) is 0 Å². The maximum atomic E-state index is 4.67. The number of hydrogen-bond donors (Lipinski definition) is 1. The fourth-order valence-electron chi connectivity index (χ4n) is 3.03. The molecule has 1 aliphatic heterocycles. The van der Waals surface area contributed by atoms with Gasteiger partial charge in [0, 0.05) is 6.04 Å². The van der Waals surface area contributed by atoms with Crippen molar-refractivity contribution in [2.24, 2.45) is 10.4 Å². The Morgan fingerprint density at radius 3 is 2.74 bits per heavy atom. The highest BCUT2D eigenvalue weighted by Gasteiger charge is 2.32. The Balaban J connectivity index is 1.55. The Hall–Kier alpha value is -0.960. The van der Waals surface area contributed by atoms with Gasteiger partial charge in [-0.2, -0.15) is 0 Å². The quantitative estimate of drug-likeness (QED) is 0.881. The lowest BCUT2D eigenvalue weighted by atomic mass is 9.92. The first-order chi connectivity index (χ1) is 9.12. The molecule has 1 saturated carbocycles. The molecule has 2 atom stereocenters. The first-order valence-corrected chi connectivity index (χ1v) is 8.03. The summed E-state index contributed by atoms with van der Waals surface area (Å²) in [5, 5.41) is 5.29. The van der Waals surface area contributed by atoms with Crippen molar-refractivity contribution in [2.45, 2.75) is 44.4 Å². The van der Waals surface area contributed by atoms with E-state index in [1.54, 1.807) is 0 Å². The van der Waals surface area contributed by atoms with Gasteiger partial charge >= 0.3 is 0 Å². The lowest BCUT2D eigenvalue weighted by molar-refractivity contribution is 0.372. The summed E-state index contributed by atoms with van der Waals surface area (Å²) in [6, 6.07) is 11.3. The Labute approximate surface area is 120 Å². The number of thioether (sulfide) groups is 1. The summed E-state index contributed by atoms with van der Waals surface area (Å²) < 4.78 is 0.